The maximum atomic E-state index is 12.3. The van der Waals surface area contributed by atoms with E-state index >= 15 is 0 Å². The van der Waals surface area contributed by atoms with Gasteiger partial charge in [0.1, 0.15) is 19.8 Å². The van der Waals surface area contributed by atoms with Crippen LogP contribution >= 0.6 is 7.80 Å². The van der Waals surface area contributed by atoms with Crippen LogP contribution in [-0.4, -0.2) is 12.5 Å². The standard InChI is InChI=1S/C40H34N3OP/c1-45(44)33-18-10-16-30(24-33)29-15-9-17-32(23-29)40(43-39(41)28-12-3-2-4-13-28)42-26-38-35-20-8-6-14-31(35)25-37-34-19-7-5-11-27(34)21-22-36(37)38/h2-25,40,42,45H,26H2,1H3,(H2,41,43). The molecule has 4 nitrogen and oxygen atoms in total. The van der Waals surface area contributed by atoms with Gasteiger partial charge in [-0.15, -0.1) is 0 Å². The van der Waals surface area contributed by atoms with Crippen LogP contribution in [0.2, 0.25) is 0 Å². The Hall–Kier alpha value is -5.02. The van der Waals surface area contributed by atoms with Crippen LogP contribution in [0, 0.1) is 0 Å². The second kappa shape index (κ2) is 12.5. The summed E-state index contributed by atoms with van der Waals surface area (Å²) in [6.07, 6.45) is -0.409. The number of rotatable bonds is 8. The summed E-state index contributed by atoms with van der Waals surface area (Å²) >= 11 is 0. The van der Waals surface area contributed by atoms with Gasteiger partial charge in [-0.05, 0) is 79.4 Å². The summed E-state index contributed by atoms with van der Waals surface area (Å²) in [5.74, 6) is 0.471. The number of hydrogen-bond donors (Lipinski definition) is 2. The molecule has 0 spiro atoms. The fourth-order valence-corrected chi connectivity index (χ4v) is 6.86. The average Bonchev–Trinajstić information content (AvgIpc) is 3.09. The Kier molecular flexibility index (Phi) is 8.00. The van der Waals surface area contributed by atoms with E-state index in [0.717, 1.165) is 27.6 Å². The summed E-state index contributed by atoms with van der Waals surface area (Å²) in [6.45, 7) is 2.37. The van der Waals surface area contributed by atoms with Crippen molar-refractivity contribution < 1.29 is 4.57 Å². The van der Waals surface area contributed by atoms with Crippen molar-refractivity contribution in [3.63, 3.8) is 0 Å². The normalized spacial score (nSPS) is 13.3. The summed E-state index contributed by atoms with van der Waals surface area (Å²) in [5.41, 5.74) is 11.8. The predicted octanol–water partition coefficient (Wildman–Crippen LogP) is 8.82. The molecule has 0 radical (unpaired) electrons. The highest BCUT2D eigenvalue weighted by Crippen LogP contribution is 2.34. The lowest BCUT2D eigenvalue weighted by Gasteiger charge is -2.20. The first-order chi connectivity index (χ1) is 22.0. The molecule has 45 heavy (non-hydrogen) atoms. The van der Waals surface area contributed by atoms with Crippen LogP contribution in [0.5, 0.6) is 0 Å². The number of hydrogen-bond acceptors (Lipinski definition) is 3. The van der Waals surface area contributed by atoms with Crippen LogP contribution in [0.1, 0.15) is 22.9 Å². The van der Waals surface area contributed by atoms with Crippen molar-refractivity contribution in [2.24, 2.45) is 10.7 Å². The molecule has 2 unspecified atom stereocenters. The van der Waals surface area contributed by atoms with Gasteiger partial charge in [0.2, 0.25) is 0 Å². The highest BCUT2D eigenvalue weighted by atomic mass is 31.1. The van der Waals surface area contributed by atoms with Gasteiger partial charge >= 0.3 is 0 Å². The first kappa shape index (κ1) is 28.7. The predicted molar refractivity (Wildman–Crippen MR) is 192 cm³/mol. The average molecular weight is 604 g/mol. The Bertz CT molecular complexity index is 2230. The molecule has 3 N–H and O–H groups in total. The third-order valence-electron chi connectivity index (χ3n) is 8.50. The molecule has 0 aliphatic heterocycles. The largest absolute Gasteiger partial charge is 0.383 e. The minimum atomic E-state index is -1.80. The number of amidine groups is 1. The molecule has 7 rings (SSSR count). The van der Waals surface area contributed by atoms with E-state index < -0.39 is 14.0 Å². The lowest BCUT2D eigenvalue weighted by atomic mass is 9.93. The van der Waals surface area contributed by atoms with E-state index in [-0.39, 0.29) is 0 Å². The first-order valence-corrected chi connectivity index (χ1v) is 17.1. The van der Waals surface area contributed by atoms with Gasteiger partial charge in [0, 0.05) is 17.4 Å². The van der Waals surface area contributed by atoms with E-state index in [1.165, 1.54) is 37.9 Å². The zero-order valence-corrected chi connectivity index (χ0v) is 26.1. The van der Waals surface area contributed by atoms with Gasteiger partial charge in [0.05, 0.1) is 0 Å². The molecule has 0 heterocycles. The molecule has 2 atom stereocenters. The Morgan fingerprint density at radius 2 is 1.36 bits per heavy atom. The van der Waals surface area contributed by atoms with Gasteiger partial charge in [-0.2, -0.15) is 0 Å². The van der Waals surface area contributed by atoms with Crippen LogP contribution in [0.15, 0.2) is 151 Å². The molecule has 7 aromatic carbocycles. The zero-order chi connectivity index (χ0) is 30.8. The third-order valence-corrected chi connectivity index (χ3v) is 9.62. The van der Waals surface area contributed by atoms with E-state index in [1.54, 1.807) is 6.66 Å². The Morgan fingerprint density at radius 1 is 0.667 bits per heavy atom. The summed E-state index contributed by atoms with van der Waals surface area (Å²) < 4.78 is 12.3. The number of benzene rings is 7. The Balaban J connectivity index is 1.33. The topological polar surface area (TPSA) is 67.5 Å². The molecule has 0 bridgehead atoms. The molecule has 0 amide bonds. The Labute approximate surface area is 264 Å². The van der Waals surface area contributed by atoms with Crippen molar-refractivity contribution in [2.75, 3.05) is 6.66 Å². The fourth-order valence-electron chi connectivity index (χ4n) is 6.17. The van der Waals surface area contributed by atoms with E-state index in [1.807, 2.05) is 48.5 Å². The molecule has 0 saturated carbocycles. The molecule has 0 saturated heterocycles. The van der Waals surface area contributed by atoms with Crippen LogP contribution in [-0.2, 0) is 11.1 Å². The fraction of sp³-hybridized carbons (Fsp3) is 0.0750. The van der Waals surface area contributed by atoms with Crippen LogP contribution < -0.4 is 16.4 Å². The summed E-state index contributed by atoms with van der Waals surface area (Å²) in [6, 6.07) is 50.1. The van der Waals surface area contributed by atoms with E-state index in [0.29, 0.717) is 12.4 Å². The van der Waals surface area contributed by atoms with Crippen LogP contribution in [0.25, 0.3) is 43.4 Å². The van der Waals surface area contributed by atoms with E-state index in [2.05, 4.69) is 102 Å². The Morgan fingerprint density at radius 3 is 2.16 bits per heavy atom. The second-order valence-electron chi connectivity index (χ2n) is 11.4. The monoisotopic (exact) mass is 603 g/mol. The minimum Gasteiger partial charge on any atom is -0.383 e. The first-order valence-electron chi connectivity index (χ1n) is 15.2. The van der Waals surface area contributed by atoms with Crippen molar-refractivity contribution in [3.8, 4) is 11.1 Å². The van der Waals surface area contributed by atoms with Gasteiger partial charge in [-0.25, -0.2) is 4.99 Å². The number of nitrogens with zero attached hydrogens (tertiary/aromatic N) is 1. The van der Waals surface area contributed by atoms with Gasteiger partial charge in [0.15, 0.2) is 0 Å². The number of fused-ring (bicyclic) bond motifs is 4. The van der Waals surface area contributed by atoms with E-state index in [9.17, 15) is 4.57 Å². The SMILES string of the molecule is C[PH](=O)c1cccc(-c2cccc(C(/N=C(\N)c3ccccc3)NCc3c4ccccc4cc4c3ccc3ccccc34)c2)c1. The molecular weight excluding hydrogens is 569 g/mol. The van der Waals surface area contributed by atoms with Crippen molar-refractivity contribution in [1.82, 2.24) is 5.32 Å². The van der Waals surface area contributed by atoms with Crippen molar-refractivity contribution >= 4 is 51.3 Å². The molecule has 7 aromatic rings. The van der Waals surface area contributed by atoms with Gasteiger partial charge in [-0.3, -0.25) is 5.32 Å². The van der Waals surface area contributed by atoms with Crippen molar-refractivity contribution in [2.45, 2.75) is 12.7 Å². The van der Waals surface area contributed by atoms with Gasteiger partial charge in [-0.1, -0.05) is 127 Å². The lowest BCUT2D eigenvalue weighted by Crippen LogP contribution is -2.24. The second-order valence-corrected chi connectivity index (χ2v) is 13.1. The molecule has 0 fully saturated rings. The molecule has 0 aliphatic rings. The minimum absolute atomic E-state index is 0.409. The molecule has 0 aliphatic carbocycles. The van der Waals surface area contributed by atoms with E-state index in [4.69, 9.17) is 10.7 Å². The highest BCUT2D eigenvalue weighted by molar-refractivity contribution is 7.52. The molecular formula is C40H34N3OP. The number of nitrogens with one attached hydrogen (secondary N) is 1. The van der Waals surface area contributed by atoms with Crippen LogP contribution in [0.4, 0.5) is 0 Å². The number of aliphatic imine (C=N–C) groups is 1. The third kappa shape index (κ3) is 5.91. The smallest absolute Gasteiger partial charge is 0.128 e. The van der Waals surface area contributed by atoms with Gasteiger partial charge in [0.25, 0.3) is 0 Å². The zero-order valence-electron chi connectivity index (χ0n) is 25.1. The summed E-state index contributed by atoms with van der Waals surface area (Å²) in [4.78, 5) is 5.06. The maximum Gasteiger partial charge on any atom is 0.128 e. The molecule has 220 valence electrons. The quantitative estimate of drug-likeness (QED) is 0.0600. The lowest BCUT2D eigenvalue weighted by molar-refractivity contribution is 0.557. The van der Waals surface area contributed by atoms with Gasteiger partial charge < -0.3 is 10.3 Å². The summed E-state index contributed by atoms with van der Waals surface area (Å²) in [7, 11) is -1.80. The highest BCUT2D eigenvalue weighted by Gasteiger charge is 2.16. The van der Waals surface area contributed by atoms with Crippen LogP contribution in [0.3, 0.4) is 0 Å². The molecule has 5 heteroatoms. The van der Waals surface area contributed by atoms with Crippen molar-refractivity contribution in [3.05, 3.63) is 162 Å². The number of nitrogens with two attached hydrogens (primary N) is 1. The van der Waals surface area contributed by atoms with Crippen molar-refractivity contribution in [1.29, 1.82) is 0 Å². The maximum absolute atomic E-state index is 12.3. The summed E-state index contributed by atoms with van der Waals surface area (Å²) in [5, 5.41) is 12.0. The molecule has 0 aromatic heterocycles.